The van der Waals surface area contributed by atoms with Gasteiger partial charge >= 0.3 is 0 Å². The van der Waals surface area contributed by atoms with Crippen LogP contribution >= 0.6 is 0 Å². The van der Waals surface area contributed by atoms with Gasteiger partial charge in [0.25, 0.3) is 0 Å². The third kappa shape index (κ3) is 2.98. The number of hydrogen-bond acceptors (Lipinski definition) is 4. The number of anilines is 2. The van der Waals surface area contributed by atoms with Gasteiger partial charge in [0.1, 0.15) is 5.75 Å². The highest BCUT2D eigenvalue weighted by Crippen LogP contribution is 2.39. The Morgan fingerprint density at radius 2 is 2.08 bits per heavy atom. The van der Waals surface area contributed by atoms with Gasteiger partial charge in [-0.3, -0.25) is 9.59 Å². The SMILES string of the molecule is COc1cc(NC(=O)C2(CN)CCCC2)ccc1N1CCCC1=O. The number of carbonyl (C=O) groups is 2. The molecule has 0 bridgehead atoms. The van der Waals surface area contributed by atoms with Crippen LogP contribution in [0, 0.1) is 5.41 Å². The van der Waals surface area contributed by atoms with E-state index in [-0.39, 0.29) is 11.8 Å². The molecule has 6 nitrogen and oxygen atoms in total. The maximum Gasteiger partial charge on any atom is 0.231 e. The Balaban J connectivity index is 1.79. The molecule has 0 aromatic heterocycles. The number of rotatable bonds is 5. The smallest absolute Gasteiger partial charge is 0.231 e. The lowest BCUT2D eigenvalue weighted by Gasteiger charge is -2.26. The molecule has 3 rings (SSSR count). The zero-order chi connectivity index (χ0) is 17.2. The van der Waals surface area contributed by atoms with Crippen LogP contribution in [0.3, 0.4) is 0 Å². The molecule has 2 aliphatic rings. The van der Waals surface area contributed by atoms with Gasteiger partial charge in [0.15, 0.2) is 0 Å². The number of nitrogens with zero attached hydrogens (tertiary/aromatic N) is 1. The number of hydrogen-bond donors (Lipinski definition) is 2. The fourth-order valence-electron chi connectivity index (χ4n) is 3.72. The molecule has 1 heterocycles. The van der Waals surface area contributed by atoms with Crippen molar-refractivity contribution in [1.29, 1.82) is 0 Å². The summed E-state index contributed by atoms with van der Waals surface area (Å²) in [6.45, 7) is 1.08. The van der Waals surface area contributed by atoms with Crippen molar-refractivity contribution < 1.29 is 14.3 Å². The second-order valence-electron chi connectivity index (χ2n) is 6.68. The molecular weight excluding hydrogens is 306 g/mol. The quantitative estimate of drug-likeness (QED) is 0.867. The second kappa shape index (κ2) is 6.81. The topological polar surface area (TPSA) is 84.7 Å². The third-order valence-electron chi connectivity index (χ3n) is 5.23. The van der Waals surface area contributed by atoms with Crippen molar-refractivity contribution in [3.05, 3.63) is 18.2 Å². The molecule has 0 unspecified atom stereocenters. The zero-order valence-corrected chi connectivity index (χ0v) is 14.1. The fourth-order valence-corrected chi connectivity index (χ4v) is 3.72. The van der Waals surface area contributed by atoms with Crippen molar-refractivity contribution in [3.63, 3.8) is 0 Å². The molecule has 1 aliphatic carbocycles. The summed E-state index contributed by atoms with van der Waals surface area (Å²) in [7, 11) is 1.57. The average molecular weight is 331 g/mol. The van der Waals surface area contributed by atoms with Gasteiger partial charge in [-0.15, -0.1) is 0 Å². The van der Waals surface area contributed by atoms with Gasteiger partial charge in [0, 0.05) is 31.3 Å². The molecule has 24 heavy (non-hydrogen) atoms. The standard InChI is InChI=1S/C18H25N3O3/c1-24-15-11-13(6-7-14(15)21-10-4-5-16(21)22)20-17(23)18(12-19)8-2-3-9-18/h6-7,11H,2-5,8-10,12,19H2,1H3,(H,20,23). The zero-order valence-electron chi connectivity index (χ0n) is 14.1. The monoisotopic (exact) mass is 331 g/mol. The molecule has 0 spiro atoms. The molecule has 3 N–H and O–H groups in total. The predicted molar refractivity (Wildman–Crippen MR) is 93.2 cm³/mol. The molecule has 1 saturated heterocycles. The van der Waals surface area contributed by atoms with E-state index in [9.17, 15) is 9.59 Å². The Labute approximate surface area is 142 Å². The van der Waals surface area contributed by atoms with Crippen LogP contribution in [0.15, 0.2) is 18.2 Å². The van der Waals surface area contributed by atoms with Crippen LogP contribution < -0.4 is 20.7 Å². The number of nitrogens with one attached hydrogen (secondary N) is 1. The Hall–Kier alpha value is -2.08. The molecule has 1 aromatic carbocycles. The highest BCUT2D eigenvalue weighted by atomic mass is 16.5. The van der Waals surface area contributed by atoms with Crippen molar-refractivity contribution in [1.82, 2.24) is 0 Å². The van der Waals surface area contributed by atoms with Crippen LogP contribution in [-0.2, 0) is 9.59 Å². The van der Waals surface area contributed by atoms with Crippen LogP contribution in [-0.4, -0.2) is 32.0 Å². The summed E-state index contributed by atoms with van der Waals surface area (Å²) >= 11 is 0. The summed E-state index contributed by atoms with van der Waals surface area (Å²) in [6, 6.07) is 5.43. The van der Waals surface area contributed by atoms with Gasteiger partial charge in [0.2, 0.25) is 11.8 Å². The minimum absolute atomic E-state index is 0.0189. The molecule has 1 aliphatic heterocycles. The maximum absolute atomic E-state index is 12.7. The summed E-state index contributed by atoms with van der Waals surface area (Å²) < 4.78 is 5.44. The predicted octanol–water partition coefficient (Wildman–Crippen LogP) is 2.28. The molecular formula is C18H25N3O3. The minimum atomic E-state index is -0.448. The summed E-state index contributed by atoms with van der Waals surface area (Å²) in [5.41, 5.74) is 6.85. The van der Waals surface area contributed by atoms with Gasteiger partial charge in [-0.1, -0.05) is 12.8 Å². The normalized spacial score (nSPS) is 19.6. The van der Waals surface area contributed by atoms with Crippen LogP contribution in [0.4, 0.5) is 11.4 Å². The summed E-state index contributed by atoms with van der Waals surface area (Å²) in [6.07, 6.45) is 5.20. The minimum Gasteiger partial charge on any atom is -0.494 e. The van der Waals surface area contributed by atoms with Crippen molar-refractivity contribution in [2.24, 2.45) is 11.1 Å². The summed E-state index contributed by atoms with van der Waals surface area (Å²) in [5.74, 6) is 0.684. The lowest BCUT2D eigenvalue weighted by atomic mass is 9.85. The number of nitrogens with two attached hydrogens (primary N) is 1. The first-order valence-corrected chi connectivity index (χ1v) is 8.59. The molecule has 0 radical (unpaired) electrons. The van der Waals surface area contributed by atoms with Gasteiger partial charge in [0.05, 0.1) is 18.2 Å². The molecule has 2 fully saturated rings. The van der Waals surface area contributed by atoms with E-state index in [1.807, 2.05) is 12.1 Å². The van der Waals surface area contributed by atoms with Crippen molar-refractivity contribution >= 4 is 23.2 Å². The highest BCUT2D eigenvalue weighted by molar-refractivity contribution is 5.99. The van der Waals surface area contributed by atoms with E-state index in [1.165, 1.54) is 0 Å². The van der Waals surface area contributed by atoms with E-state index in [2.05, 4.69) is 5.32 Å². The highest BCUT2D eigenvalue weighted by Gasteiger charge is 2.39. The summed E-state index contributed by atoms with van der Waals surface area (Å²) in [4.78, 5) is 26.4. The summed E-state index contributed by atoms with van der Waals surface area (Å²) in [5, 5.41) is 2.98. The second-order valence-corrected chi connectivity index (χ2v) is 6.68. The average Bonchev–Trinajstić information content (AvgIpc) is 3.24. The first-order valence-electron chi connectivity index (χ1n) is 8.59. The maximum atomic E-state index is 12.7. The van der Waals surface area contributed by atoms with Gasteiger partial charge in [-0.2, -0.15) is 0 Å². The molecule has 1 aromatic rings. The lowest BCUT2D eigenvalue weighted by molar-refractivity contribution is -0.124. The van der Waals surface area contributed by atoms with Gasteiger partial charge in [-0.25, -0.2) is 0 Å². The fraction of sp³-hybridized carbons (Fsp3) is 0.556. The van der Waals surface area contributed by atoms with Crippen molar-refractivity contribution in [2.75, 3.05) is 30.4 Å². The van der Waals surface area contributed by atoms with E-state index in [4.69, 9.17) is 10.5 Å². The Morgan fingerprint density at radius 1 is 1.33 bits per heavy atom. The van der Waals surface area contributed by atoms with E-state index in [1.54, 1.807) is 18.1 Å². The largest absolute Gasteiger partial charge is 0.494 e. The lowest BCUT2D eigenvalue weighted by Crippen LogP contribution is -2.40. The van der Waals surface area contributed by atoms with Crippen LogP contribution in [0.5, 0.6) is 5.75 Å². The van der Waals surface area contributed by atoms with E-state index < -0.39 is 5.41 Å². The van der Waals surface area contributed by atoms with Crippen LogP contribution in [0.25, 0.3) is 0 Å². The van der Waals surface area contributed by atoms with Crippen molar-refractivity contribution in [2.45, 2.75) is 38.5 Å². The van der Waals surface area contributed by atoms with E-state index in [0.717, 1.165) is 37.8 Å². The Bertz CT molecular complexity index is 638. The Kier molecular flexibility index (Phi) is 4.76. The molecule has 0 atom stereocenters. The molecule has 2 amide bonds. The molecule has 130 valence electrons. The number of benzene rings is 1. The number of ether oxygens (including phenoxy) is 1. The van der Waals surface area contributed by atoms with E-state index >= 15 is 0 Å². The van der Waals surface area contributed by atoms with Crippen LogP contribution in [0.1, 0.15) is 38.5 Å². The number of amides is 2. The van der Waals surface area contributed by atoms with E-state index in [0.29, 0.717) is 30.9 Å². The molecule has 1 saturated carbocycles. The first-order chi connectivity index (χ1) is 11.6. The number of carbonyl (C=O) groups excluding carboxylic acids is 2. The number of methoxy groups -OCH3 is 1. The molecule has 6 heteroatoms. The first kappa shape index (κ1) is 16.8. The van der Waals surface area contributed by atoms with Gasteiger partial charge < -0.3 is 20.7 Å². The van der Waals surface area contributed by atoms with Crippen molar-refractivity contribution in [3.8, 4) is 5.75 Å². The Morgan fingerprint density at radius 3 is 2.67 bits per heavy atom. The third-order valence-corrected chi connectivity index (χ3v) is 5.23. The van der Waals surface area contributed by atoms with Crippen LogP contribution in [0.2, 0.25) is 0 Å². The van der Waals surface area contributed by atoms with Gasteiger partial charge in [-0.05, 0) is 31.4 Å².